The molecule has 4 rings (SSSR count). The van der Waals surface area contributed by atoms with Crippen LogP contribution in [0, 0.1) is 17.6 Å². The van der Waals surface area contributed by atoms with Gasteiger partial charge in [-0.05, 0) is 30.9 Å². The van der Waals surface area contributed by atoms with Crippen LogP contribution in [0.4, 0.5) is 19.4 Å². The summed E-state index contributed by atoms with van der Waals surface area (Å²) in [7, 11) is -3.45. The van der Waals surface area contributed by atoms with Crippen molar-refractivity contribution in [3.63, 3.8) is 0 Å². The number of hydrogen-bond acceptors (Lipinski definition) is 7. The summed E-state index contributed by atoms with van der Waals surface area (Å²) in [4.78, 5) is 23.1. The number of aromatic nitrogens is 2. The number of carbonyl (C=O) groups is 1. The SMILES string of the molecule is Cl.O=C(O)N(CCO)CC1CCN(c2nc(-c3cc(F)c(Cl)cc3F)nc3c2CS(=O)(=O)C3)CC1. The number of hydrogen-bond donors (Lipinski definition) is 2. The highest BCUT2D eigenvalue weighted by atomic mass is 35.5. The number of aliphatic hydroxyl groups is 1. The molecule has 2 aliphatic rings. The Morgan fingerprint density at radius 1 is 1.17 bits per heavy atom. The third kappa shape index (κ3) is 5.93. The molecule has 3 heterocycles. The Hall–Kier alpha value is -2.28. The average Bonchev–Trinajstić information content (AvgIpc) is 3.09. The number of benzene rings is 1. The molecular weight excluding hydrogens is 529 g/mol. The molecule has 35 heavy (non-hydrogen) atoms. The second kappa shape index (κ2) is 10.8. The van der Waals surface area contributed by atoms with Gasteiger partial charge in [-0.15, -0.1) is 12.4 Å². The molecule has 1 aromatic heterocycles. The van der Waals surface area contributed by atoms with Crippen molar-refractivity contribution < 1.29 is 32.2 Å². The lowest BCUT2D eigenvalue weighted by Gasteiger charge is -2.35. The van der Waals surface area contributed by atoms with E-state index in [9.17, 15) is 27.1 Å². The maximum Gasteiger partial charge on any atom is 0.407 e. The van der Waals surface area contributed by atoms with E-state index in [0.29, 0.717) is 37.3 Å². The minimum absolute atomic E-state index is 0. The summed E-state index contributed by atoms with van der Waals surface area (Å²) in [6.45, 7) is 0.979. The fourth-order valence-electron chi connectivity index (χ4n) is 4.36. The predicted octanol–water partition coefficient (Wildman–Crippen LogP) is 3.11. The number of halogens is 4. The summed E-state index contributed by atoms with van der Waals surface area (Å²) < 4.78 is 53.2. The molecule has 2 aliphatic heterocycles. The fraction of sp³-hybridized carbons (Fsp3) is 0.476. The van der Waals surface area contributed by atoms with Crippen molar-refractivity contribution in [3.8, 4) is 11.4 Å². The van der Waals surface area contributed by atoms with Gasteiger partial charge in [-0.25, -0.2) is 32.0 Å². The maximum absolute atomic E-state index is 14.6. The van der Waals surface area contributed by atoms with Crippen LogP contribution in [0.3, 0.4) is 0 Å². The summed E-state index contributed by atoms with van der Waals surface area (Å²) in [5.41, 5.74) is 0.493. The minimum atomic E-state index is -3.45. The first kappa shape index (κ1) is 27.3. The Morgan fingerprint density at radius 3 is 2.49 bits per heavy atom. The van der Waals surface area contributed by atoms with Crippen LogP contribution in [0.1, 0.15) is 24.1 Å². The lowest BCUT2D eigenvalue weighted by molar-refractivity contribution is 0.120. The van der Waals surface area contributed by atoms with Gasteiger partial charge in [0.05, 0.1) is 34.4 Å². The zero-order chi connectivity index (χ0) is 24.6. The summed E-state index contributed by atoms with van der Waals surface area (Å²) >= 11 is 5.65. The Morgan fingerprint density at radius 2 is 1.86 bits per heavy atom. The highest BCUT2D eigenvalue weighted by Gasteiger charge is 2.34. The lowest BCUT2D eigenvalue weighted by Crippen LogP contribution is -2.42. The summed E-state index contributed by atoms with van der Waals surface area (Å²) in [6.07, 6.45) is 0.122. The Kier molecular flexibility index (Phi) is 8.40. The molecule has 192 valence electrons. The number of fused-ring (bicyclic) bond motifs is 1. The van der Waals surface area contributed by atoms with Crippen molar-refractivity contribution in [2.75, 3.05) is 37.7 Å². The van der Waals surface area contributed by atoms with Gasteiger partial charge in [0.25, 0.3) is 0 Å². The third-order valence-corrected chi connectivity index (χ3v) is 7.81. The first-order valence-electron chi connectivity index (χ1n) is 10.7. The number of aliphatic hydroxyl groups excluding tert-OH is 1. The van der Waals surface area contributed by atoms with E-state index in [1.165, 1.54) is 4.90 Å². The van der Waals surface area contributed by atoms with Gasteiger partial charge < -0.3 is 20.0 Å². The van der Waals surface area contributed by atoms with Crippen molar-refractivity contribution in [3.05, 3.63) is 40.0 Å². The van der Waals surface area contributed by atoms with Gasteiger partial charge in [-0.3, -0.25) is 0 Å². The molecule has 1 saturated heterocycles. The summed E-state index contributed by atoms with van der Waals surface area (Å²) in [5, 5.41) is 18.0. The predicted molar refractivity (Wildman–Crippen MR) is 128 cm³/mol. The topological polar surface area (TPSA) is 124 Å². The van der Waals surface area contributed by atoms with Gasteiger partial charge in [0.1, 0.15) is 17.5 Å². The smallest absolute Gasteiger partial charge is 0.407 e. The molecule has 0 radical (unpaired) electrons. The molecule has 1 aromatic carbocycles. The van der Waals surface area contributed by atoms with Gasteiger partial charge in [0, 0.05) is 31.7 Å². The van der Waals surface area contributed by atoms with Crippen LogP contribution in [-0.4, -0.2) is 72.4 Å². The van der Waals surface area contributed by atoms with Crippen molar-refractivity contribution in [2.45, 2.75) is 24.3 Å². The Bertz CT molecular complexity index is 1230. The van der Waals surface area contributed by atoms with Crippen LogP contribution in [0.25, 0.3) is 11.4 Å². The van der Waals surface area contributed by atoms with Crippen molar-refractivity contribution in [1.82, 2.24) is 14.9 Å². The highest BCUT2D eigenvalue weighted by molar-refractivity contribution is 7.90. The molecule has 2 N–H and O–H groups in total. The molecule has 9 nitrogen and oxygen atoms in total. The molecule has 0 unspecified atom stereocenters. The van der Waals surface area contributed by atoms with Gasteiger partial charge >= 0.3 is 6.09 Å². The molecule has 0 bridgehead atoms. The fourth-order valence-corrected chi connectivity index (χ4v) is 6.01. The van der Waals surface area contributed by atoms with Gasteiger partial charge in [0.2, 0.25) is 0 Å². The number of sulfone groups is 1. The highest BCUT2D eigenvalue weighted by Crippen LogP contribution is 2.36. The zero-order valence-corrected chi connectivity index (χ0v) is 20.8. The number of carboxylic acid groups (broad SMARTS) is 1. The van der Waals surface area contributed by atoms with Crippen molar-refractivity contribution >= 4 is 45.8 Å². The molecule has 0 saturated carbocycles. The van der Waals surface area contributed by atoms with E-state index >= 15 is 0 Å². The molecular formula is C21H24Cl2F2N4O5S. The molecule has 1 amide bonds. The Balaban J connectivity index is 0.00000342. The van der Waals surface area contributed by atoms with E-state index in [-0.39, 0.29) is 71.6 Å². The lowest BCUT2D eigenvalue weighted by atomic mass is 9.96. The van der Waals surface area contributed by atoms with E-state index in [1.54, 1.807) is 0 Å². The second-order valence-corrected chi connectivity index (χ2v) is 10.9. The number of anilines is 1. The van der Waals surface area contributed by atoms with Crippen molar-refractivity contribution in [2.24, 2.45) is 5.92 Å². The first-order valence-corrected chi connectivity index (χ1v) is 12.9. The van der Waals surface area contributed by atoms with Crippen LogP contribution < -0.4 is 4.90 Å². The number of amides is 1. The normalized spacial score (nSPS) is 17.1. The maximum atomic E-state index is 14.6. The number of nitrogens with zero attached hydrogens (tertiary/aromatic N) is 4. The van der Waals surface area contributed by atoms with Crippen LogP contribution in [-0.2, 0) is 21.3 Å². The summed E-state index contributed by atoms with van der Waals surface area (Å²) in [6, 6.07) is 1.71. The number of piperidine rings is 1. The number of rotatable bonds is 6. The standard InChI is InChI=1S/C21H23ClF2N4O5S.ClH/c22-15-8-16(23)13(7-17(15)24)19-25-18-11-34(32,33)10-14(18)20(26-19)27-3-1-12(2-4-27)9-28(5-6-29)21(30)31;/h7-8,12,29H,1-6,9-11H2,(H,30,31);1H. The average molecular weight is 553 g/mol. The van der Waals surface area contributed by atoms with E-state index in [0.717, 1.165) is 12.1 Å². The molecule has 0 atom stereocenters. The van der Waals surface area contributed by atoms with E-state index in [1.807, 2.05) is 4.90 Å². The molecule has 2 aromatic rings. The molecule has 0 spiro atoms. The largest absolute Gasteiger partial charge is 0.465 e. The van der Waals surface area contributed by atoms with E-state index < -0.39 is 27.6 Å². The molecule has 0 aliphatic carbocycles. The quantitative estimate of drug-likeness (QED) is 0.524. The second-order valence-electron chi connectivity index (χ2n) is 8.46. The monoisotopic (exact) mass is 552 g/mol. The van der Waals surface area contributed by atoms with Gasteiger partial charge in [0.15, 0.2) is 15.7 Å². The molecule has 1 fully saturated rings. The van der Waals surface area contributed by atoms with Crippen LogP contribution in [0.2, 0.25) is 5.02 Å². The van der Waals surface area contributed by atoms with Crippen LogP contribution >= 0.6 is 24.0 Å². The van der Waals surface area contributed by atoms with Crippen LogP contribution in [0.5, 0.6) is 0 Å². The van der Waals surface area contributed by atoms with Gasteiger partial charge in [-0.1, -0.05) is 11.6 Å². The minimum Gasteiger partial charge on any atom is -0.465 e. The van der Waals surface area contributed by atoms with E-state index in [4.69, 9.17) is 16.7 Å². The molecule has 14 heteroatoms. The third-order valence-electron chi connectivity index (χ3n) is 6.08. The van der Waals surface area contributed by atoms with E-state index in [2.05, 4.69) is 9.97 Å². The van der Waals surface area contributed by atoms with Crippen molar-refractivity contribution in [1.29, 1.82) is 0 Å². The zero-order valence-electron chi connectivity index (χ0n) is 18.5. The first-order chi connectivity index (χ1) is 16.1. The summed E-state index contributed by atoms with van der Waals surface area (Å²) in [5.74, 6) is -1.93. The van der Waals surface area contributed by atoms with Crippen LogP contribution in [0.15, 0.2) is 12.1 Å². The Labute approximate surface area is 212 Å². The van der Waals surface area contributed by atoms with Gasteiger partial charge in [-0.2, -0.15) is 0 Å².